The number of amides is 2. The molecule has 1 aliphatic heterocycles. The molecule has 132 valence electrons. The predicted octanol–water partition coefficient (Wildman–Crippen LogP) is 1.95. The van der Waals surface area contributed by atoms with Crippen LogP contribution >= 0.6 is 0 Å². The van der Waals surface area contributed by atoms with E-state index in [1.807, 2.05) is 30.3 Å². The number of hydrogen-bond acceptors (Lipinski definition) is 5. The zero-order valence-corrected chi connectivity index (χ0v) is 14.3. The van der Waals surface area contributed by atoms with Crippen LogP contribution in [0.15, 0.2) is 42.7 Å². The number of anilines is 1. The molecular formula is C18H23N5O2. The number of hydrogen-bond donors (Lipinski definition) is 2. The Labute approximate surface area is 147 Å². The summed E-state index contributed by atoms with van der Waals surface area (Å²) in [6.07, 6.45) is 5.29. The first-order valence-corrected chi connectivity index (χ1v) is 8.44. The summed E-state index contributed by atoms with van der Waals surface area (Å²) in [4.78, 5) is 22.8. The predicted molar refractivity (Wildman–Crippen MR) is 95.6 cm³/mol. The molecule has 0 aromatic carbocycles. The van der Waals surface area contributed by atoms with E-state index in [0.717, 1.165) is 37.3 Å². The highest BCUT2D eigenvalue weighted by atomic mass is 16.5. The molecule has 7 heteroatoms. The molecular weight excluding hydrogens is 318 g/mol. The largest absolute Gasteiger partial charge is 0.481 e. The maximum absolute atomic E-state index is 12.1. The Kier molecular flexibility index (Phi) is 5.66. The first-order chi connectivity index (χ1) is 12.2. The molecule has 0 radical (unpaired) electrons. The van der Waals surface area contributed by atoms with Gasteiger partial charge in [0.15, 0.2) is 0 Å². The monoisotopic (exact) mass is 341 g/mol. The van der Waals surface area contributed by atoms with Crippen molar-refractivity contribution in [3.8, 4) is 5.88 Å². The molecule has 1 saturated heterocycles. The topological polar surface area (TPSA) is 79.4 Å². The van der Waals surface area contributed by atoms with Crippen molar-refractivity contribution >= 4 is 11.8 Å². The summed E-state index contributed by atoms with van der Waals surface area (Å²) in [5.74, 6) is 1.54. The van der Waals surface area contributed by atoms with Gasteiger partial charge in [0.1, 0.15) is 5.82 Å². The van der Waals surface area contributed by atoms with Crippen molar-refractivity contribution in [1.29, 1.82) is 0 Å². The number of nitrogens with zero attached hydrogens (tertiary/aromatic N) is 3. The average molecular weight is 341 g/mol. The fraction of sp³-hybridized carbons (Fsp3) is 0.389. The van der Waals surface area contributed by atoms with Gasteiger partial charge < -0.3 is 20.3 Å². The smallest absolute Gasteiger partial charge is 0.315 e. The lowest BCUT2D eigenvalue weighted by molar-refractivity contribution is 0.234. The zero-order chi connectivity index (χ0) is 17.5. The molecule has 0 bridgehead atoms. The number of methoxy groups -OCH3 is 1. The minimum absolute atomic E-state index is 0.146. The van der Waals surface area contributed by atoms with Gasteiger partial charge in [0, 0.05) is 44.1 Å². The molecule has 0 unspecified atom stereocenters. The van der Waals surface area contributed by atoms with Crippen molar-refractivity contribution in [1.82, 2.24) is 20.6 Å². The van der Waals surface area contributed by atoms with E-state index in [-0.39, 0.29) is 12.1 Å². The Morgan fingerprint density at radius 2 is 2.08 bits per heavy atom. The maximum Gasteiger partial charge on any atom is 0.315 e. The molecule has 3 heterocycles. The first kappa shape index (κ1) is 17.0. The fourth-order valence-corrected chi connectivity index (χ4v) is 2.88. The van der Waals surface area contributed by atoms with Crippen molar-refractivity contribution in [2.75, 3.05) is 25.1 Å². The third-order valence-corrected chi connectivity index (χ3v) is 4.26. The van der Waals surface area contributed by atoms with E-state index >= 15 is 0 Å². The Bertz CT molecular complexity index is 687. The third kappa shape index (κ3) is 4.82. The molecule has 0 aliphatic carbocycles. The van der Waals surface area contributed by atoms with Gasteiger partial charge >= 0.3 is 6.03 Å². The number of carbonyl (C=O) groups excluding carboxylic acids is 1. The maximum atomic E-state index is 12.1. The van der Waals surface area contributed by atoms with Gasteiger partial charge in [-0.1, -0.05) is 6.07 Å². The van der Waals surface area contributed by atoms with Crippen LogP contribution in [0.2, 0.25) is 0 Å². The second kappa shape index (κ2) is 8.32. The molecule has 0 spiro atoms. The van der Waals surface area contributed by atoms with Gasteiger partial charge in [-0.05, 0) is 36.6 Å². The van der Waals surface area contributed by atoms with Crippen LogP contribution in [0.25, 0.3) is 0 Å². The van der Waals surface area contributed by atoms with E-state index in [4.69, 9.17) is 4.74 Å². The molecule has 1 fully saturated rings. The quantitative estimate of drug-likeness (QED) is 0.869. The Hall–Kier alpha value is -2.83. The van der Waals surface area contributed by atoms with Crippen LogP contribution in [0.4, 0.5) is 10.6 Å². The summed E-state index contributed by atoms with van der Waals surface area (Å²) in [7, 11) is 1.57. The van der Waals surface area contributed by atoms with Crippen molar-refractivity contribution in [2.24, 2.45) is 0 Å². The summed E-state index contributed by atoms with van der Waals surface area (Å²) in [6, 6.07) is 9.64. The van der Waals surface area contributed by atoms with Crippen LogP contribution in [0.3, 0.4) is 0 Å². The van der Waals surface area contributed by atoms with Gasteiger partial charge in [-0.15, -0.1) is 0 Å². The Balaban J connectivity index is 1.42. The van der Waals surface area contributed by atoms with E-state index in [2.05, 4.69) is 25.5 Å². The minimum atomic E-state index is -0.146. The molecule has 2 amide bonds. The zero-order valence-electron chi connectivity index (χ0n) is 14.3. The van der Waals surface area contributed by atoms with Gasteiger partial charge in [0.05, 0.1) is 7.11 Å². The molecule has 0 saturated carbocycles. The van der Waals surface area contributed by atoms with Gasteiger partial charge in [0.25, 0.3) is 0 Å². The average Bonchev–Trinajstić information content (AvgIpc) is 2.68. The van der Waals surface area contributed by atoms with E-state index in [9.17, 15) is 4.79 Å². The van der Waals surface area contributed by atoms with Crippen LogP contribution in [-0.4, -0.2) is 42.2 Å². The molecule has 25 heavy (non-hydrogen) atoms. The van der Waals surface area contributed by atoms with Gasteiger partial charge in [-0.3, -0.25) is 0 Å². The third-order valence-electron chi connectivity index (χ3n) is 4.26. The highest BCUT2D eigenvalue weighted by molar-refractivity contribution is 5.74. The number of piperidine rings is 1. The Morgan fingerprint density at radius 3 is 2.80 bits per heavy atom. The van der Waals surface area contributed by atoms with E-state index in [1.54, 1.807) is 19.5 Å². The summed E-state index contributed by atoms with van der Waals surface area (Å²) < 4.78 is 5.08. The van der Waals surface area contributed by atoms with E-state index in [0.29, 0.717) is 12.4 Å². The highest BCUT2D eigenvalue weighted by Crippen LogP contribution is 2.17. The molecule has 0 atom stereocenters. The van der Waals surface area contributed by atoms with Crippen LogP contribution in [0, 0.1) is 0 Å². The lowest BCUT2D eigenvalue weighted by Crippen LogP contribution is -2.48. The second-order valence-corrected chi connectivity index (χ2v) is 5.98. The summed E-state index contributed by atoms with van der Waals surface area (Å²) in [5, 5.41) is 5.93. The number of nitrogens with one attached hydrogen (secondary N) is 2. The summed E-state index contributed by atoms with van der Waals surface area (Å²) in [5.41, 5.74) is 0.951. The van der Waals surface area contributed by atoms with Crippen molar-refractivity contribution in [2.45, 2.75) is 25.4 Å². The number of rotatable bonds is 5. The number of aromatic nitrogens is 2. The summed E-state index contributed by atoms with van der Waals surface area (Å²) >= 11 is 0. The van der Waals surface area contributed by atoms with Crippen LogP contribution in [0.1, 0.15) is 18.4 Å². The number of carbonyl (C=O) groups is 1. The number of urea groups is 1. The lowest BCUT2D eigenvalue weighted by Gasteiger charge is -2.33. The standard InChI is InChI=1S/C18H23N5O2/c1-25-17-12-14(5-9-20-17)13-21-18(24)22-15-6-10-23(11-7-15)16-4-2-3-8-19-16/h2-5,8-9,12,15H,6-7,10-11,13H2,1H3,(H2,21,22,24). The number of ether oxygens (including phenoxy) is 1. The Morgan fingerprint density at radius 1 is 1.24 bits per heavy atom. The van der Waals surface area contributed by atoms with Gasteiger partial charge in [-0.25, -0.2) is 14.8 Å². The highest BCUT2D eigenvalue weighted by Gasteiger charge is 2.21. The molecule has 2 N–H and O–H groups in total. The number of pyridine rings is 2. The van der Waals surface area contributed by atoms with E-state index < -0.39 is 0 Å². The second-order valence-electron chi connectivity index (χ2n) is 5.98. The van der Waals surface area contributed by atoms with E-state index in [1.165, 1.54) is 0 Å². The van der Waals surface area contributed by atoms with Crippen LogP contribution in [0.5, 0.6) is 5.88 Å². The molecule has 2 aromatic rings. The minimum Gasteiger partial charge on any atom is -0.481 e. The van der Waals surface area contributed by atoms with Crippen molar-refractivity contribution in [3.63, 3.8) is 0 Å². The first-order valence-electron chi connectivity index (χ1n) is 8.44. The molecule has 7 nitrogen and oxygen atoms in total. The fourth-order valence-electron chi connectivity index (χ4n) is 2.88. The van der Waals surface area contributed by atoms with Crippen LogP contribution < -0.4 is 20.3 Å². The normalized spacial score (nSPS) is 14.8. The van der Waals surface area contributed by atoms with Crippen molar-refractivity contribution in [3.05, 3.63) is 48.3 Å². The molecule has 2 aromatic heterocycles. The molecule has 3 rings (SSSR count). The van der Waals surface area contributed by atoms with Gasteiger partial charge in [0.2, 0.25) is 5.88 Å². The lowest BCUT2D eigenvalue weighted by atomic mass is 10.1. The van der Waals surface area contributed by atoms with Crippen molar-refractivity contribution < 1.29 is 9.53 Å². The van der Waals surface area contributed by atoms with Gasteiger partial charge in [-0.2, -0.15) is 0 Å². The SMILES string of the molecule is COc1cc(CNC(=O)NC2CCN(c3ccccn3)CC2)ccn1. The summed E-state index contributed by atoms with van der Waals surface area (Å²) in [6.45, 7) is 2.23. The van der Waals surface area contributed by atoms with Crippen LogP contribution in [-0.2, 0) is 6.54 Å². The molecule has 1 aliphatic rings.